The molecule has 0 aliphatic rings. The second-order valence-electron chi connectivity index (χ2n) is 8.14. The van der Waals surface area contributed by atoms with Gasteiger partial charge in [0.15, 0.2) is 0 Å². The Morgan fingerprint density at radius 1 is 0.897 bits per heavy atom. The minimum Gasteiger partial charge on any atom is -0.378 e. The third-order valence-corrected chi connectivity index (χ3v) is 4.56. The van der Waals surface area contributed by atoms with Crippen LogP contribution in [0.5, 0.6) is 0 Å². The highest BCUT2D eigenvalue weighted by atomic mass is 16.1. The van der Waals surface area contributed by atoms with Crippen LogP contribution in [0.3, 0.4) is 0 Å². The van der Waals surface area contributed by atoms with Gasteiger partial charge in [0.25, 0.3) is 5.91 Å². The number of nitrogens with zero attached hydrogens (tertiary/aromatic N) is 3. The molecule has 0 fully saturated rings. The molecule has 1 amide bonds. The summed E-state index contributed by atoms with van der Waals surface area (Å²) in [5.74, 6) is 0.285. The van der Waals surface area contributed by atoms with Crippen molar-refractivity contribution in [1.82, 2.24) is 9.97 Å². The maximum Gasteiger partial charge on any atom is 0.274 e. The fraction of sp³-hybridized carbons (Fsp3) is 0.261. The van der Waals surface area contributed by atoms with E-state index in [1.165, 1.54) is 11.9 Å². The van der Waals surface area contributed by atoms with Crippen LogP contribution < -0.4 is 15.5 Å². The summed E-state index contributed by atoms with van der Waals surface area (Å²) in [6.45, 7) is 6.47. The molecule has 0 spiro atoms. The van der Waals surface area contributed by atoms with E-state index in [-0.39, 0.29) is 11.3 Å². The number of aromatic nitrogens is 2. The van der Waals surface area contributed by atoms with Gasteiger partial charge < -0.3 is 15.5 Å². The Kier molecular flexibility index (Phi) is 5.82. The maximum absolute atomic E-state index is 12.6. The highest BCUT2D eigenvalue weighted by molar-refractivity contribution is 6.03. The lowest BCUT2D eigenvalue weighted by Gasteiger charge is -2.19. The number of benzene rings is 2. The Morgan fingerprint density at radius 3 is 2.10 bits per heavy atom. The molecule has 1 heterocycles. The van der Waals surface area contributed by atoms with Crippen LogP contribution >= 0.6 is 0 Å². The summed E-state index contributed by atoms with van der Waals surface area (Å²) >= 11 is 0. The molecule has 0 aliphatic carbocycles. The lowest BCUT2D eigenvalue weighted by atomic mass is 9.87. The first-order valence-electron chi connectivity index (χ1n) is 9.51. The molecular weight excluding hydrogens is 362 g/mol. The van der Waals surface area contributed by atoms with Gasteiger partial charge >= 0.3 is 0 Å². The van der Waals surface area contributed by atoms with E-state index in [1.54, 1.807) is 6.07 Å². The molecule has 3 aromatic rings. The molecule has 3 rings (SSSR count). The van der Waals surface area contributed by atoms with Crippen LogP contribution in [0, 0.1) is 0 Å². The van der Waals surface area contributed by atoms with Crippen LogP contribution in [0.2, 0.25) is 0 Å². The normalized spacial score (nSPS) is 11.1. The highest BCUT2D eigenvalue weighted by Crippen LogP contribution is 2.24. The first-order valence-corrected chi connectivity index (χ1v) is 9.51. The fourth-order valence-electron chi connectivity index (χ4n) is 2.79. The third-order valence-electron chi connectivity index (χ3n) is 4.56. The quantitative estimate of drug-likeness (QED) is 0.654. The monoisotopic (exact) mass is 389 g/mol. The SMILES string of the molecule is CN(C)c1ccc(Nc2cc(C(=O)Nc3ccc(C(C)(C)C)cc3)ncn2)cc1. The Bertz CT molecular complexity index is 973. The summed E-state index contributed by atoms with van der Waals surface area (Å²) in [6.07, 6.45) is 1.38. The second kappa shape index (κ2) is 8.31. The predicted octanol–water partition coefficient (Wildman–Crippen LogP) is 4.84. The molecule has 2 N–H and O–H groups in total. The summed E-state index contributed by atoms with van der Waals surface area (Å²) in [5, 5.41) is 6.09. The molecule has 150 valence electrons. The van der Waals surface area contributed by atoms with Gasteiger partial charge in [-0.15, -0.1) is 0 Å². The van der Waals surface area contributed by atoms with E-state index in [1.807, 2.05) is 67.5 Å². The Labute approximate surface area is 172 Å². The van der Waals surface area contributed by atoms with Crippen LogP contribution in [0.15, 0.2) is 60.9 Å². The van der Waals surface area contributed by atoms with Gasteiger partial charge in [0.2, 0.25) is 0 Å². The van der Waals surface area contributed by atoms with Gasteiger partial charge in [-0.3, -0.25) is 4.79 Å². The van der Waals surface area contributed by atoms with Crippen molar-refractivity contribution in [3.63, 3.8) is 0 Å². The lowest BCUT2D eigenvalue weighted by molar-refractivity contribution is 0.102. The Balaban J connectivity index is 1.69. The molecule has 0 unspecified atom stereocenters. The molecule has 2 aromatic carbocycles. The number of hydrogen-bond donors (Lipinski definition) is 2. The van der Waals surface area contributed by atoms with Gasteiger partial charge in [-0.2, -0.15) is 0 Å². The van der Waals surface area contributed by atoms with Crippen molar-refractivity contribution < 1.29 is 4.79 Å². The molecule has 0 bridgehead atoms. The lowest BCUT2D eigenvalue weighted by Crippen LogP contribution is -2.15. The molecule has 29 heavy (non-hydrogen) atoms. The number of nitrogens with one attached hydrogen (secondary N) is 2. The molecule has 0 atom stereocenters. The molecule has 0 radical (unpaired) electrons. The summed E-state index contributed by atoms with van der Waals surface area (Å²) in [4.78, 5) is 22.9. The molecule has 6 heteroatoms. The summed E-state index contributed by atoms with van der Waals surface area (Å²) in [7, 11) is 3.99. The summed E-state index contributed by atoms with van der Waals surface area (Å²) in [6, 6.07) is 17.5. The van der Waals surface area contributed by atoms with Crippen LogP contribution in [-0.4, -0.2) is 30.0 Å². The van der Waals surface area contributed by atoms with Crippen LogP contribution in [0.4, 0.5) is 22.9 Å². The van der Waals surface area contributed by atoms with Crippen molar-refractivity contribution in [1.29, 1.82) is 0 Å². The fourth-order valence-corrected chi connectivity index (χ4v) is 2.79. The van der Waals surface area contributed by atoms with Gasteiger partial charge in [-0.05, 0) is 47.4 Å². The average molecular weight is 390 g/mol. The smallest absolute Gasteiger partial charge is 0.274 e. The Morgan fingerprint density at radius 2 is 1.52 bits per heavy atom. The zero-order valence-electron chi connectivity index (χ0n) is 17.5. The number of anilines is 4. The summed E-state index contributed by atoms with van der Waals surface area (Å²) < 4.78 is 0. The summed E-state index contributed by atoms with van der Waals surface area (Å²) in [5.41, 5.74) is 4.31. The first kappa shape index (κ1) is 20.3. The molecule has 0 aliphatic heterocycles. The van der Waals surface area contributed by atoms with Crippen LogP contribution in [-0.2, 0) is 5.41 Å². The molecular formula is C23H27N5O. The zero-order valence-corrected chi connectivity index (χ0v) is 17.5. The maximum atomic E-state index is 12.6. The highest BCUT2D eigenvalue weighted by Gasteiger charge is 2.14. The van der Waals surface area contributed by atoms with Crippen molar-refractivity contribution in [3.8, 4) is 0 Å². The number of carbonyl (C=O) groups excluding carboxylic acids is 1. The van der Waals surface area contributed by atoms with E-state index in [4.69, 9.17) is 0 Å². The average Bonchev–Trinajstić information content (AvgIpc) is 2.68. The van der Waals surface area contributed by atoms with Crippen molar-refractivity contribution in [2.24, 2.45) is 0 Å². The van der Waals surface area contributed by atoms with E-state index < -0.39 is 0 Å². The molecule has 0 saturated heterocycles. The minimum absolute atomic E-state index is 0.0700. The van der Waals surface area contributed by atoms with E-state index in [9.17, 15) is 4.79 Å². The third kappa shape index (κ3) is 5.31. The molecule has 6 nitrogen and oxygen atoms in total. The van der Waals surface area contributed by atoms with E-state index in [2.05, 4.69) is 41.4 Å². The van der Waals surface area contributed by atoms with Crippen molar-refractivity contribution in [2.45, 2.75) is 26.2 Å². The minimum atomic E-state index is -0.276. The predicted molar refractivity (Wildman–Crippen MR) is 119 cm³/mol. The number of carbonyl (C=O) groups is 1. The van der Waals surface area contributed by atoms with Gasteiger partial charge in [0, 0.05) is 37.2 Å². The van der Waals surface area contributed by atoms with Gasteiger partial charge in [0.05, 0.1) is 0 Å². The van der Waals surface area contributed by atoms with Gasteiger partial charge in [-0.25, -0.2) is 9.97 Å². The van der Waals surface area contributed by atoms with Crippen molar-refractivity contribution in [3.05, 3.63) is 72.2 Å². The van der Waals surface area contributed by atoms with Crippen LogP contribution in [0.1, 0.15) is 36.8 Å². The van der Waals surface area contributed by atoms with E-state index in [0.29, 0.717) is 11.5 Å². The molecule has 0 saturated carbocycles. The Hall–Kier alpha value is -3.41. The van der Waals surface area contributed by atoms with E-state index in [0.717, 1.165) is 17.1 Å². The standard InChI is InChI=1S/C23H27N5O/c1-23(2,3)16-6-8-18(9-7-16)27-22(29)20-14-21(25-15-24-20)26-17-10-12-19(13-11-17)28(4)5/h6-15H,1-5H3,(H,27,29)(H,24,25,26). The first-order chi connectivity index (χ1) is 13.7. The van der Waals surface area contributed by atoms with Gasteiger partial charge in [-0.1, -0.05) is 32.9 Å². The van der Waals surface area contributed by atoms with Gasteiger partial charge in [0.1, 0.15) is 17.8 Å². The topological polar surface area (TPSA) is 70.2 Å². The number of amides is 1. The largest absolute Gasteiger partial charge is 0.378 e. The zero-order chi connectivity index (χ0) is 21.0. The number of rotatable bonds is 5. The van der Waals surface area contributed by atoms with Crippen molar-refractivity contribution in [2.75, 3.05) is 29.6 Å². The molecule has 1 aromatic heterocycles. The van der Waals surface area contributed by atoms with E-state index >= 15 is 0 Å². The number of hydrogen-bond acceptors (Lipinski definition) is 5. The van der Waals surface area contributed by atoms with Crippen LogP contribution in [0.25, 0.3) is 0 Å². The second-order valence-corrected chi connectivity index (χ2v) is 8.14. The van der Waals surface area contributed by atoms with Crippen molar-refractivity contribution >= 4 is 28.8 Å².